The molecule has 1 heterocycles. The van der Waals surface area contributed by atoms with Crippen LogP contribution in [-0.2, 0) is 0 Å². The quantitative estimate of drug-likeness (QED) is 0.807. The Labute approximate surface area is 126 Å². The molecule has 118 valence electrons. The molecule has 0 aromatic heterocycles. The van der Waals surface area contributed by atoms with Crippen molar-refractivity contribution in [2.75, 3.05) is 46.8 Å². The van der Waals surface area contributed by atoms with E-state index >= 15 is 0 Å². The average molecular weight is 281 g/mol. The Hall–Kier alpha value is -0.120. The molecule has 1 saturated carbocycles. The second-order valence-electron chi connectivity index (χ2n) is 7.43. The summed E-state index contributed by atoms with van der Waals surface area (Å²) in [7, 11) is 4.54. The van der Waals surface area contributed by atoms with Gasteiger partial charge in [0.05, 0.1) is 0 Å². The third-order valence-electron chi connectivity index (χ3n) is 5.27. The summed E-state index contributed by atoms with van der Waals surface area (Å²) < 4.78 is 0. The van der Waals surface area contributed by atoms with E-state index in [1.54, 1.807) is 0 Å². The maximum absolute atomic E-state index is 3.78. The molecule has 1 saturated heterocycles. The summed E-state index contributed by atoms with van der Waals surface area (Å²) in [4.78, 5) is 5.00. The van der Waals surface area contributed by atoms with Crippen LogP contribution in [0, 0.1) is 11.8 Å². The summed E-state index contributed by atoms with van der Waals surface area (Å²) in [5.41, 5.74) is 0. The number of rotatable bonds is 6. The van der Waals surface area contributed by atoms with Gasteiger partial charge in [0.2, 0.25) is 0 Å². The number of likely N-dealkylation sites (tertiary alicyclic amines) is 1. The lowest BCUT2D eigenvalue weighted by Gasteiger charge is -2.32. The van der Waals surface area contributed by atoms with Crippen molar-refractivity contribution in [3.05, 3.63) is 0 Å². The summed E-state index contributed by atoms with van der Waals surface area (Å²) in [5, 5.41) is 3.78. The third-order valence-corrected chi connectivity index (χ3v) is 5.27. The van der Waals surface area contributed by atoms with E-state index in [0.717, 1.165) is 17.9 Å². The van der Waals surface area contributed by atoms with Crippen molar-refractivity contribution in [1.29, 1.82) is 0 Å². The van der Waals surface area contributed by atoms with Gasteiger partial charge in [-0.05, 0) is 64.7 Å². The molecule has 0 aromatic carbocycles. The number of likely N-dealkylation sites (N-methyl/N-ethyl adjacent to an activating group) is 1. The fourth-order valence-corrected chi connectivity index (χ4v) is 3.86. The predicted octanol–water partition coefficient (Wildman–Crippen LogP) is 2.43. The minimum atomic E-state index is 0.787. The summed E-state index contributed by atoms with van der Waals surface area (Å²) >= 11 is 0. The summed E-state index contributed by atoms with van der Waals surface area (Å²) in [6, 6.07) is 0.787. The first-order chi connectivity index (χ1) is 9.63. The monoisotopic (exact) mass is 281 g/mol. The van der Waals surface area contributed by atoms with Gasteiger partial charge in [-0.2, -0.15) is 0 Å². The fourth-order valence-electron chi connectivity index (χ4n) is 3.86. The average Bonchev–Trinajstić information content (AvgIpc) is 2.41. The molecule has 1 aliphatic carbocycles. The number of piperidine rings is 1. The highest BCUT2D eigenvalue weighted by molar-refractivity contribution is 4.77. The molecule has 2 atom stereocenters. The lowest BCUT2D eigenvalue weighted by molar-refractivity contribution is 0.174. The zero-order valence-corrected chi connectivity index (χ0v) is 13.9. The van der Waals surface area contributed by atoms with E-state index in [1.165, 1.54) is 71.2 Å². The predicted molar refractivity (Wildman–Crippen MR) is 87.1 cm³/mol. The van der Waals surface area contributed by atoms with Crippen LogP contribution in [0.5, 0.6) is 0 Å². The van der Waals surface area contributed by atoms with Crippen LogP contribution in [0.3, 0.4) is 0 Å². The van der Waals surface area contributed by atoms with Gasteiger partial charge >= 0.3 is 0 Å². The van der Waals surface area contributed by atoms with Gasteiger partial charge in [-0.25, -0.2) is 0 Å². The van der Waals surface area contributed by atoms with Gasteiger partial charge in [0.1, 0.15) is 0 Å². The minimum absolute atomic E-state index is 0.787. The third kappa shape index (κ3) is 5.71. The van der Waals surface area contributed by atoms with Crippen LogP contribution in [0.25, 0.3) is 0 Å². The fraction of sp³-hybridized carbons (Fsp3) is 1.00. The van der Waals surface area contributed by atoms with E-state index in [9.17, 15) is 0 Å². The number of hydrogen-bond acceptors (Lipinski definition) is 3. The van der Waals surface area contributed by atoms with Gasteiger partial charge in [0.25, 0.3) is 0 Å². The first kappa shape index (κ1) is 16.3. The van der Waals surface area contributed by atoms with Gasteiger partial charge in [-0.1, -0.05) is 19.8 Å². The topological polar surface area (TPSA) is 18.5 Å². The molecule has 2 aliphatic rings. The molecule has 1 N–H and O–H groups in total. The highest BCUT2D eigenvalue weighted by atomic mass is 15.1. The molecule has 0 bridgehead atoms. The van der Waals surface area contributed by atoms with E-state index in [1.807, 2.05) is 0 Å². The molecule has 3 nitrogen and oxygen atoms in total. The van der Waals surface area contributed by atoms with Gasteiger partial charge in [0.15, 0.2) is 0 Å². The second kappa shape index (κ2) is 8.35. The van der Waals surface area contributed by atoms with Crippen molar-refractivity contribution in [2.45, 2.75) is 51.5 Å². The zero-order valence-electron chi connectivity index (χ0n) is 13.9. The molecule has 2 rings (SSSR count). The van der Waals surface area contributed by atoms with Crippen LogP contribution < -0.4 is 5.32 Å². The second-order valence-corrected chi connectivity index (χ2v) is 7.43. The summed E-state index contributed by atoms with van der Waals surface area (Å²) in [6.45, 7) is 8.64. The Balaban J connectivity index is 1.54. The lowest BCUT2D eigenvalue weighted by Crippen LogP contribution is -2.40. The molecule has 0 amide bonds. The Kier molecular flexibility index (Phi) is 6.79. The summed E-state index contributed by atoms with van der Waals surface area (Å²) in [5.74, 6) is 1.85. The van der Waals surface area contributed by atoms with Gasteiger partial charge in [-0.3, -0.25) is 0 Å². The number of hydrogen-bond donors (Lipinski definition) is 1. The maximum atomic E-state index is 3.78. The van der Waals surface area contributed by atoms with Crippen molar-refractivity contribution in [3.63, 3.8) is 0 Å². The van der Waals surface area contributed by atoms with Crippen molar-refractivity contribution in [1.82, 2.24) is 15.1 Å². The van der Waals surface area contributed by atoms with Gasteiger partial charge in [0, 0.05) is 25.7 Å². The van der Waals surface area contributed by atoms with E-state index in [4.69, 9.17) is 0 Å². The highest BCUT2D eigenvalue weighted by Crippen LogP contribution is 2.23. The van der Waals surface area contributed by atoms with Crippen LogP contribution in [0.15, 0.2) is 0 Å². The standard InChI is InChI=1S/C17H35N3/c1-15-5-4-6-17(13-15)18-9-12-20(3)14-16-7-10-19(2)11-8-16/h15-18H,4-14H2,1-3H3. The van der Waals surface area contributed by atoms with Crippen molar-refractivity contribution < 1.29 is 0 Å². The molecule has 2 fully saturated rings. The molecule has 1 aliphatic heterocycles. The lowest BCUT2D eigenvalue weighted by atomic mass is 9.87. The van der Waals surface area contributed by atoms with E-state index in [-0.39, 0.29) is 0 Å². The van der Waals surface area contributed by atoms with E-state index < -0.39 is 0 Å². The molecule has 20 heavy (non-hydrogen) atoms. The molecular formula is C17H35N3. The molecular weight excluding hydrogens is 246 g/mol. The Morgan fingerprint density at radius 3 is 2.60 bits per heavy atom. The summed E-state index contributed by atoms with van der Waals surface area (Å²) in [6.07, 6.45) is 8.41. The van der Waals surface area contributed by atoms with E-state index in [2.05, 4.69) is 36.1 Å². The Morgan fingerprint density at radius 1 is 1.15 bits per heavy atom. The molecule has 0 radical (unpaired) electrons. The van der Waals surface area contributed by atoms with E-state index in [0.29, 0.717) is 0 Å². The zero-order chi connectivity index (χ0) is 14.4. The SMILES string of the molecule is CC1CCCC(NCCN(C)CC2CCN(C)CC2)C1. The number of nitrogens with zero attached hydrogens (tertiary/aromatic N) is 2. The molecule has 0 aromatic rings. The Morgan fingerprint density at radius 2 is 1.90 bits per heavy atom. The van der Waals surface area contributed by atoms with Crippen LogP contribution in [0.4, 0.5) is 0 Å². The molecule has 3 heteroatoms. The van der Waals surface area contributed by atoms with Crippen molar-refractivity contribution >= 4 is 0 Å². The van der Waals surface area contributed by atoms with Gasteiger partial charge in [-0.15, -0.1) is 0 Å². The molecule has 0 spiro atoms. The van der Waals surface area contributed by atoms with Crippen molar-refractivity contribution in [3.8, 4) is 0 Å². The first-order valence-corrected chi connectivity index (χ1v) is 8.74. The van der Waals surface area contributed by atoms with Crippen LogP contribution in [-0.4, -0.2) is 62.7 Å². The first-order valence-electron chi connectivity index (χ1n) is 8.74. The van der Waals surface area contributed by atoms with Crippen molar-refractivity contribution in [2.24, 2.45) is 11.8 Å². The van der Waals surface area contributed by atoms with Crippen LogP contribution in [0.2, 0.25) is 0 Å². The van der Waals surface area contributed by atoms with Crippen LogP contribution >= 0.6 is 0 Å². The number of nitrogens with one attached hydrogen (secondary N) is 1. The maximum Gasteiger partial charge on any atom is 0.0104 e. The van der Waals surface area contributed by atoms with Crippen LogP contribution in [0.1, 0.15) is 45.4 Å². The highest BCUT2D eigenvalue weighted by Gasteiger charge is 2.19. The molecule has 2 unspecified atom stereocenters. The Bertz CT molecular complexity index is 261. The minimum Gasteiger partial charge on any atom is -0.313 e. The van der Waals surface area contributed by atoms with Gasteiger partial charge < -0.3 is 15.1 Å². The largest absolute Gasteiger partial charge is 0.313 e. The normalized spacial score (nSPS) is 30.0. The smallest absolute Gasteiger partial charge is 0.0104 e.